The summed E-state index contributed by atoms with van der Waals surface area (Å²) in [5.74, 6) is 1.28. The lowest BCUT2D eigenvalue weighted by Crippen LogP contribution is -2.40. The van der Waals surface area contributed by atoms with Crippen molar-refractivity contribution in [3.05, 3.63) is 57.6 Å². The summed E-state index contributed by atoms with van der Waals surface area (Å²) in [5.41, 5.74) is 1.86. The van der Waals surface area contributed by atoms with E-state index >= 15 is 0 Å². The van der Waals surface area contributed by atoms with E-state index < -0.39 is 0 Å². The summed E-state index contributed by atoms with van der Waals surface area (Å²) in [6, 6.07) is 11.1. The molecule has 4 nitrogen and oxygen atoms in total. The molecular formula is C19H19Cl2NO3S. The molecule has 1 heterocycles. The lowest BCUT2D eigenvalue weighted by Gasteiger charge is -2.29. The molecule has 0 atom stereocenters. The Morgan fingerprint density at radius 3 is 2.54 bits per heavy atom. The highest BCUT2D eigenvalue weighted by Crippen LogP contribution is 2.30. The summed E-state index contributed by atoms with van der Waals surface area (Å²) in [5, 5.41) is 1.03. The molecule has 1 aliphatic heterocycles. The van der Waals surface area contributed by atoms with Crippen LogP contribution in [0.15, 0.2) is 36.4 Å². The van der Waals surface area contributed by atoms with Gasteiger partial charge in [-0.25, -0.2) is 0 Å². The number of benzene rings is 2. The zero-order chi connectivity index (χ0) is 18.5. The van der Waals surface area contributed by atoms with E-state index in [0.717, 1.165) is 29.2 Å². The van der Waals surface area contributed by atoms with E-state index in [1.807, 2.05) is 24.3 Å². The molecule has 1 fully saturated rings. The maximum absolute atomic E-state index is 6.04. The quantitative estimate of drug-likeness (QED) is 0.671. The van der Waals surface area contributed by atoms with Gasteiger partial charge in [0.25, 0.3) is 0 Å². The SMILES string of the molecule is COc1cc(C(=S)N2CCOCC2)ccc1OCc1ccc(Cl)c(Cl)c1. The number of morpholine rings is 1. The van der Waals surface area contributed by atoms with Crippen LogP contribution in [-0.4, -0.2) is 43.3 Å². The molecule has 0 N–H and O–H groups in total. The van der Waals surface area contributed by atoms with Crippen LogP contribution in [-0.2, 0) is 11.3 Å². The van der Waals surface area contributed by atoms with Gasteiger partial charge in [0.1, 0.15) is 11.6 Å². The first-order chi connectivity index (χ1) is 12.6. The second kappa shape index (κ2) is 8.91. The van der Waals surface area contributed by atoms with E-state index in [-0.39, 0.29) is 0 Å². The summed E-state index contributed by atoms with van der Waals surface area (Å²) >= 11 is 17.6. The molecule has 0 amide bonds. The maximum Gasteiger partial charge on any atom is 0.161 e. The summed E-state index contributed by atoms with van der Waals surface area (Å²) in [6.45, 7) is 3.36. The van der Waals surface area contributed by atoms with Gasteiger partial charge >= 0.3 is 0 Å². The molecule has 138 valence electrons. The fraction of sp³-hybridized carbons (Fsp3) is 0.316. The highest BCUT2D eigenvalue weighted by molar-refractivity contribution is 7.80. The van der Waals surface area contributed by atoms with Gasteiger partial charge in [-0.3, -0.25) is 0 Å². The molecule has 2 aromatic carbocycles. The third-order valence-corrected chi connectivity index (χ3v) is 5.32. The molecule has 26 heavy (non-hydrogen) atoms. The first-order valence-electron chi connectivity index (χ1n) is 8.20. The molecule has 1 aliphatic rings. The second-order valence-corrected chi connectivity index (χ2v) is 7.01. The Kier molecular flexibility index (Phi) is 6.59. The van der Waals surface area contributed by atoms with Gasteiger partial charge in [0.2, 0.25) is 0 Å². The van der Waals surface area contributed by atoms with E-state index in [0.29, 0.717) is 41.4 Å². The van der Waals surface area contributed by atoms with Crippen LogP contribution >= 0.6 is 35.4 Å². The van der Waals surface area contributed by atoms with Crippen molar-refractivity contribution >= 4 is 40.4 Å². The van der Waals surface area contributed by atoms with Gasteiger partial charge in [0, 0.05) is 18.7 Å². The van der Waals surface area contributed by atoms with Crippen LogP contribution < -0.4 is 9.47 Å². The van der Waals surface area contributed by atoms with Crippen molar-refractivity contribution < 1.29 is 14.2 Å². The maximum atomic E-state index is 6.04. The fourth-order valence-electron chi connectivity index (χ4n) is 2.66. The number of hydrogen-bond acceptors (Lipinski definition) is 4. The van der Waals surface area contributed by atoms with Gasteiger partial charge in [0.15, 0.2) is 11.5 Å². The minimum Gasteiger partial charge on any atom is -0.493 e. The zero-order valence-corrected chi connectivity index (χ0v) is 16.7. The van der Waals surface area contributed by atoms with Crippen LogP contribution in [0.2, 0.25) is 10.0 Å². The molecular weight excluding hydrogens is 393 g/mol. The predicted molar refractivity (Wildman–Crippen MR) is 108 cm³/mol. The molecule has 0 bridgehead atoms. The molecule has 0 unspecified atom stereocenters. The van der Waals surface area contributed by atoms with E-state index in [4.69, 9.17) is 49.6 Å². The number of nitrogens with zero attached hydrogens (tertiary/aromatic N) is 1. The third kappa shape index (κ3) is 4.60. The molecule has 2 aromatic rings. The van der Waals surface area contributed by atoms with Crippen LogP contribution in [0.5, 0.6) is 11.5 Å². The van der Waals surface area contributed by atoms with Crippen molar-refractivity contribution in [2.24, 2.45) is 0 Å². The summed E-state index contributed by atoms with van der Waals surface area (Å²) < 4.78 is 16.7. The predicted octanol–water partition coefficient (Wildman–Crippen LogP) is 4.59. The monoisotopic (exact) mass is 411 g/mol. The Morgan fingerprint density at radius 2 is 1.85 bits per heavy atom. The molecule has 3 rings (SSSR count). The van der Waals surface area contributed by atoms with Gasteiger partial charge in [-0.1, -0.05) is 41.5 Å². The average Bonchev–Trinajstić information content (AvgIpc) is 2.69. The number of ether oxygens (including phenoxy) is 3. The van der Waals surface area contributed by atoms with Crippen molar-refractivity contribution in [1.82, 2.24) is 4.90 Å². The highest BCUT2D eigenvalue weighted by atomic mass is 35.5. The first-order valence-corrected chi connectivity index (χ1v) is 9.36. The Bertz CT molecular complexity index is 794. The van der Waals surface area contributed by atoms with Gasteiger partial charge in [-0.05, 0) is 35.9 Å². The number of methoxy groups -OCH3 is 1. The van der Waals surface area contributed by atoms with Crippen LogP contribution in [0.25, 0.3) is 0 Å². The highest BCUT2D eigenvalue weighted by Gasteiger charge is 2.17. The van der Waals surface area contributed by atoms with Crippen molar-refractivity contribution in [3.8, 4) is 11.5 Å². The number of halogens is 2. The van der Waals surface area contributed by atoms with E-state index in [1.54, 1.807) is 19.2 Å². The van der Waals surface area contributed by atoms with Crippen molar-refractivity contribution in [3.63, 3.8) is 0 Å². The summed E-state index contributed by atoms with van der Waals surface area (Å²) in [7, 11) is 1.61. The lowest BCUT2D eigenvalue weighted by atomic mass is 10.1. The van der Waals surface area contributed by atoms with E-state index in [1.165, 1.54) is 0 Å². The molecule has 0 aromatic heterocycles. The second-order valence-electron chi connectivity index (χ2n) is 5.81. The smallest absolute Gasteiger partial charge is 0.161 e. The summed E-state index contributed by atoms with van der Waals surface area (Å²) in [4.78, 5) is 2.94. The Labute approximate surface area is 168 Å². The molecule has 0 saturated carbocycles. The Hall–Kier alpha value is -1.53. The van der Waals surface area contributed by atoms with E-state index in [9.17, 15) is 0 Å². The first kappa shape index (κ1) is 19.2. The van der Waals surface area contributed by atoms with Crippen molar-refractivity contribution in [1.29, 1.82) is 0 Å². The molecule has 7 heteroatoms. The van der Waals surface area contributed by atoms with E-state index in [2.05, 4.69) is 4.90 Å². The molecule has 1 saturated heterocycles. The number of rotatable bonds is 5. The zero-order valence-electron chi connectivity index (χ0n) is 14.3. The normalized spacial score (nSPS) is 14.2. The summed E-state index contributed by atoms with van der Waals surface area (Å²) in [6.07, 6.45) is 0. The van der Waals surface area contributed by atoms with Crippen LogP contribution in [0, 0.1) is 0 Å². The minimum absolute atomic E-state index is 0.362. The van der Waals surface area contributed by atoms with Crippen molar-refractivity contribution in [2.75, 3.05) is 33.4 Å². The minimum atomic E-state index is 0.362. The Morgan fingerprint density at radius 1 is 1.08 bits per heavy atom. The standard InChI is InChI=1S/C19H19Cl2NO3S/c1-23-18-11-14(19(26)22-6-8-24-9-7-22)3-5-17(18)25-12-13-2-4-15(20)16(21)10-13/h2-5,10-11H,6-9,12H2,1H3. The number of thiocarbonyl (C=S) groups is 1. The van der Waals surface area contributed by atoms with Crippen LogP contribution in [0.4, 0.5) is 0 Å². The largest absolute Gasteiger partial charge is 0.493 e. The van der Waals surface area contributed by atoms with Crippen LogP contribution in [0.1, 0.15) is 11.1 Å². The molecule has 0 spiro atoms. The fourth-order valence-corrected chi connectivity index (χ4v) is 3.29. The number of hydrogen-bond donors (Lipinski definition) is 0. The lowest BCUT2D eigenvalue weighted by molar-refractivity contribution is 0.0693. The average molecular weight is 412 g/mol. The molecule has 0 radical (unpaired) electrons. The topological polar surface area (TPSA) is 30.9 Å². The van der Waals surface area contributed by atoms with Crippen molar-refractivity contribution in [2.45, 2.75) is 6.61 Å². The van der Waals surface area contributed by atoms with Gasteiger partial charge < -0.3 is 19.1 Å². The molecule has 0 aliphatic carbocycles. The van der Waals surface area contributed by atoms with Gasteiger partial charge in [0.05, 0.1) is 30.4 Å². The van der Waals surface area contributed by atoms with Crippen LogP contribution in [0.3, 0.4) is 0 Å². The third-order valence-electron chi connectivity index (χ3n) is 4.09. The van der Waals surface area contributed by atoms with Gasteiger partial charge in [-0.2, -0.15) is 0 Å². The van der Waals surface area contributed by atoms with Gasteiger partial charge in [-0.15, -0.1) is 0 Å². The Balaban J connectivity index is 1.71.